The Morgan fingerprint density at radius 3 is 2.78 bits per heavy atom. The molecule has 1 N–H and O–H groups in total. The third-order valence-electron chi connectivity index (χ3n) is 5.66. The third-order valence-corrected chi connectivity index (χ3v) is 5.66. The molecule has 6 heteroatoms. The van der Waals surface area contributed by atoms with Crippen molar-refractivity contribution < 1.29 is 14.3 Å². The van der Waals surface area contributed by atoms with Gasteiger partial charge in [0.05, 0.1) is 5.60 Å². The summed E-state index contributed by atoms with van der Waals surface area (Å²) in [5, 5.41) is 3.10. The number of ether oxygens (including phenoxy) is 1. The fraction of sp³-hybridized carbons (Fsp3) is 0.667. The largest absolute Gasteiger partial charge is 0.373 e. The van der Waals surface area contributed by atoms with Crippen LogP contribution in [-0.4, -0.2) is 53.0 Å². The molecule has 1 aliphatic carbocycles. The van der Waals surface area contributed by atoms with E-state index >= 15 is 0 Å². The minimum Gasteiger partial charge on any atom is -0.373 e. The molecule has 27 heavy (non-hydrogen) atoms. The minimum atomic E-state index is -0.411. The van der Waals surface area contributed by atoms with Crippen molar-refractivity contribution in [2.75, 3.05) is 19.7 Å². The highest BCUT2D eigenvalue weighted by Crippen LogP contribution is 2.31. The summed E-state index contributed by atoms with van der Waals surface area (Å²) >= 11 is 0. The van der Waals surface area contributed by atoms with Crippen LogP contribution < -0.4 is 5.32 Å². The van der Waals surface area contributed by atoms with Gasteiger partial charge in [-0.3, -0.25) is 14.6 Å². The molecular weight excluding hydrogens is 342 g/mol. The van der Waals surface area contributed by atoms with Gasteiger partial charge in [-0.05, 0) is 44.2 Å². The number of amides is 2. The Bertz CT molecular complexity index is 629. The van der Waals surface area contributed by atoms with E-state index in [1.165, 1.54) is 6.42 Å². The topological polar surface area (TPSA) is 71.5 Å². The van der Waals surface area contributed by atoms with Crippen molar-refractivity contribution >= 4 is 11.8 Å². The molecular formula is C21H31N3O3. The predicted octanol–water partition coefficient (Wildman–Crippen LogP) is 2.93. The van der Waals surface area contributed by atoms with E-state index in [1.807, 2.05) is 0 Å². The Hall–Kier alpha value is -1.95. The van der Waals surface area contributed by atoms with Crippen LogP contribution in [0.15, 0.2) is 24.4 Å². The smallest absolute Gasteiger partial charge is 0.273 e. The highest BCUT2D eigenvalue weighted by atomic mass is 16.5. The second-order valence-electron chi connectivity index (χ2n) is 7.68. The van der Waals surface area contributed by atoms with Gasteiger partial charge in [-0.15, -0.1) is 0 Å². The minimum absolute atomic E-state index is 0.0678. The van der Waals surface area contributed by atoms with E-state index in [9.17, 15) is 9.59 Å². The zero-order chi connectivity index (χ0) is 19.1. The summed E-state index contributed by atoms with van der Waals surface area (Å²) < 4.78 is 6.17. The summed E-state index contributed by atoms with van der Waals surface area (Å²) in [5.74, 6) is -0.232. The van der Waals surface area contributed by atoms with Crippen LogP contribution in [-0.2, 0) is 9.53 Å². The van der Waals surface area contributed by atoms with Gasteiger partial charge >= 0.3 is 0 Å². The van der Waals surface area contributed by atoms with Crippen molar-refractivity contribution in [3.63, 3.8) is 0 Å². The molecule has 148 valence electrons. The maximum absolute atomic E-state index is 12.9. The number of carbonyl (C=O) groups is 2. The molecule has 2 amide bonds. The predicted molar refractivity (Wildman–Crippen MR) is 103 cm³/mol. The van der Waals surface area contributed by atoms with Crippen LogP contribution in [0.25, 0.3) is 0 Å². The van der Waals surface area contributed by atoms with Crippen molar-refractivity contribution in [3.05, 3.63) is 30.1 Å². The van der Waals surface area contributed by atoms with E-state index in [-0.39, 0.29) is 17.4 Å². The molecule has 3 rings (SSSR count). The van der Waals surface area contributed by atoms with Crippen molar-refractivity contribution in [3.8, 4) is 0 Å². The van der Waals surface area contributed by atoms with Crippen molar-refractivity contribution in [2.24, 2.45) is 0 Å². The molecule has 0 aromatic carbocycles. The SMILES string of the molecule is CCCOC1(CNC(=O)[C@@H]2CCCN2C(=O)c2ccccn2)CCCCC1. The summed E-state index contributed by atoms with van der Waals surface area (Å²) in [6.45, 7) is 3.97. The zero-order valence-corrected chi connectivity index (χ0v) is 16.3. The van der Waals surface area contributed by atoms with Gasteiger partial charge < -0.3 is 15.0 Å². The summed E-state index contributed by atoms with van der Waals surface area (Å²) in [5.41, 5.74) is 0.158. The zero-order valence-electron chi connectivity index (χ0n) is 16.3. The first-order valence-electron chi connectivity index (χ1n) is 10.3. The number of nitrogens with zero attached hydrogens (tertiary/aromatic N) is 2. The van der Waals surface area contributed by atoms with Gasteiger partial charge in [-0.25, -0.2) is 0 Å². The molecule has 1 saturated heterocycles. The maximum atomic E-state index is 12.9. The monoisotopic (exact) mass is 373 g/mol. The third kappa shape index (κ3) is 4.86. The highest BCUT2D eigenvalue weighted by molar-refractivity contribution is 5.96. The number of likely N-dealkylation sites (tertiary alicyclic amines) is 1. The quantitative estimate of drug-likeness (QED) is 0.798. The number of hydrogen-bond donors (Lipinski definition) is 1. The highest BCUT2D eigenvalue weighted by Gasteiger charge is 2.38. The lowest BCUT2D eigenvalue weighted by Gasteiger charge is -2.38. The van der Waals surface area contributed by atoms with Crippen LogP contribution in [0.1, 0.15) is 68.8 Å². The molecule has 1 aromatic rings. The molecule has 1 aromatic heterocycles. The molecule has 2 heterocycles. The van der Waals surface area contributed by atoms with Crippen LogP contribution in [0.5, 0.6) is 0 Å². The molecule has 0 bridgehead atoms. The van der Waals surface area contributed by atoms with Crippen molar-refractivity contribution in [1.29, 1.82) is 0 Å². The molecule has 6 nitrogen and oxygen atoms in total. The van der Waals surface area contributed by atoms with Gasteiger partial charge in [0, 0.05) is 25.9 Å². The fourth-order valence-electron chi connectivity index (χ4n) is 4.17. The van der Waals surface area contributed by atoms with Crippen LogP contribution in [0.4, 0.5) is 0 Å². The summed E-state index contributed by atoms with van der Waals surface area (Å²) in [6, 6.07) is 4.87. The van der Waals surface area contributed by atoms with Gasteiger partial charge in [0.25, 0.3) is 5.91 Å². The molecule has 0 unspecified atom stereocenters. The Morgan fingerprint density at radius 1 is 1.26 bits per heavy atom. The molecule has 0 spiro atoms. The number of rotatable bonds is 7. The lowest BCUT2D eigenvalue weighted by atomic mass is 9.84. The van der Waals surface area contributed by atoms with E-state index in [2.05, 4.69) is 17.2 Å². The number of hydrogen-bond acceptors (Lipinski definition) is 4. The Labute approximate surface area is 161 Å². The van der Waals surface area contributed by atoms with Gasteiger partial charge in [-0.1, -0.05) is 32.3 Å². The number of nitrogens with one attached hydrogen (secondary N) is 1. The standard InChI is InChI=1S/C21H31N3O3/c1-2-15-27-21(11-5-3-6-12-21)16-23-19(25)18-10-8-14-24(18)20(26)17-9-4-7-13-22-17/h4,7,9,13,18H,2-3,5-6,8,10-12,14-16H2,1H3,(H,23,25)/t18-/m0/s1. The first kappa shape index (κ1) is 19.8. The second kappa shape index (κ2) is 9.31. The van der Waals surface area contributed by atoms with Crippen LogP contribution >= 0.6 is 0 Å². The first-order chi connectivity index (χ1) is 13.2. The van der Waals surface area contributed by atoms with Crippen molar-refractivity contribution in [2.45, 2.75) is 69.9 Å². The van der Waals surface area contributed by atoms with Crippen LogP contribution in [0, 0.1) is 0 Å². The maximum Gasteiger partial charge on any atom is 0.273 e. The molecule has 2 fully saturated rings. The van der Waals surface area contributed by atoms with Crippen LogP contribution in [0.2, 0.25) is 0 Å². The average molecular weight is 373 g/mol. The van der Waals surface area contributed by atoms with Gasteiger partial charge in [-0.2, -0.15) is 0 Å². The molecule has 1 saturated carbocycles. The van der Waals surface area contributed by atoms with E-state index in [0.717, 1.165) is 45.1 Å². The van der Waals surface area contributed by atoms with E-state index in [1.54, 1.807) is 29.3 Å². The van der Waals surface area contributed by atoms with Crippen molar-refractivity contribution in [1.82, 2.24) is 15.2 Å². The lowest BCUT2D eigenvalue weighted by molar-refractivity contribution is -0.128. The molecule has 0 radical (unpaired) electrons. The van der Waals surface area contributed by atoms with Gasteiger partial charge in [0.1, 0.15) is 11.7 Å². The average Bonchev–Trinajstić information content (AvgIpc) is 3.21. The summed E-state index contributed by atoms with van der Waals surface area (Å²) in [4.78, 5) is 31.4. The summed E-state index contributed by atoms with van der Waals surface area (Å²) in [7, 11) is 0. The Kier molecular flexibility index (Phi) is 6.83. The second-order valence-corrected chi connectivity index (χ2v) is 7.68. The number of pyridine rings is 1. The lowest BCUT2D eigenvalue weighted by Crippen LogP contribution is -2.52. The number of carbonyl (C=O) groups excluding carboxylic acids is 2. The summed E-state index contributed by atoms with van der Waals surface area (Å²) in [6.07, 6.45) is 9.64. The first-order valence-corrected chi connectivity index (χ1v) is 10.3. The van der Waals surface area contributed by atoms with Gasteiger partial charge in [0.15, 0.2) is 0 Å². The van der Waals surface area contributed by atoms with E-state index in [4.69, 9.17) is 4.74 Å². The molecule has 1 atom stereocenters. The number of aromatic nitrogens is 1. The van der Waals surface area contributed by atoms with Gasteiger partial charge in [0.2, 0.25) is 5.91 Å². The van der Waals surface area contributed by atoms with Crippen LogP contribution in [0.3, 0.4) is 0 Å². The van der Waals surface area contributed by atoms with E-state index < -0.39 is 6.04 Å². The Balaban J connectivity index is 1.61. The molecule has 2 aliphatic rings. The molecule has 1 aliphatic heterocycles. The van der Waals surface area contributed by atoms with E-state index in [0.29, 0.717) is 25.2 Å². The fourth-order valence-corrected chi connectivity index (χ4v) is 4.17. The normalized spacial score (nSPS) is 21.8. The Morgan fingerprint density at radius 2 is 2.07 bits per heavy atom.